The zero-order chi connectivity index (χ0) is 14.1. The Morgan fingerprint density at radius 3 is 2.71 bits per heavy atom. The third-order valence-corrected chi connectivity index (χ3v) is 4.38. The predicted molar refractivity (Wildman–Crippen MR) is 85.3 cm³/mol. The molecular formula is C19H19NO. The average Bonchev–Trinajstić information content (AvgIpc) is 2.92. The van der Waals surface area contributed by atoms with Crippen molar-refractivity contribution in [2.45, 2.75) is 32.0 Å². The molecule has 0 radical (unpaired) electrons. The summed E-state index contributed by atoms with van der Waals surface area (Å²) in [5.41, 5.74) is 5.36. The molecule has 0 fully saturated rings. The predicted octanol–water partition coefficient (Wildman–Crippen LogP) is 4.24. The fraction of sp³-hybridized carbons (Fsp3) is 0.263. The van der Waals surface area contributed by atoms with Crippen molar-refractivity contribution in [3.8, 4) is 0 Å². The van der Waals surface area contributed by atoms with Gasteiger partial charge in [-0.1, -0.05) is 48.5 Å². The zero-order valence-corrected chi connectivity index (χ0v) is 12.0. The summed E-state index contributed by atoms with van der Waals surface area (Å²) in [5.74, 6) is 0. The van der Waals surface area contributed by atoms with Crippen LogP contribution in [0.25, 0.3) is 10.9 Å². The van der Waals surface area contributed by atoms with Gasteiger partial charge in [0, 0.05) is 23.0 Å². The van der Waals surface area contributed by atoms with E-state index in [0.717, 1.165) is 19.3 Å². The highest BCUT2D eigenvalue weighted by molar-refractivity contribution is 5.84. The number of rotatable bonds is 3. The number of para-hydroxylation sites is 1. The Kier molecular flexibility index (Phi) is 3.24. The van der Waals surface area contributed by atoms with E-state index in [1.54, 1.807) is 0 Å². The summed E-state index contributed by atoms with van der Waals surface area (Å²) < 4.78 is 6.13. The van der Waals surface area contributed by atoms with E-state index in [4.69, 9.17) is 4.74 Å². The van der Waals surface area contributed by atoms with Crippen LogP contribution in [-0.4, -0.2) is 11.1 Å². The maximum absolute atomic E-state index is 6.13. The molecule has 106 valence electrons. The van der Waals surface area contributed by atoms with Gasteiger partial charge in [-0.05, 0) is 30.0 Å². The van der Waals surface area contributed by atoms with Crippen molar-refractivity contribution in [1.29, 1.82) is 0 Å². The minimum absolute atomic E-state index is 0.330. The molecule has 2 aromatic carbocycles. The quantitative estimate of drug-likeness (QED) is 0.761. The lowest BCUT2D eigenvalue weighted by Gasteiger charge is -2.23. The summed E-state index contributed by atoms with van der Waals surface area (Å²) in [6, 6.07) is 19.0. The van der Waals surface area contributed by atoms with Crippen LogP contribution in [0.5, 0.6) is 0 Å². The molecule has 1 aliphatic rings. The Morgan fingerprint density at radius 1 is 1.00 bits per heavy atom. The van der Waals surface area contributed by atoms with Crippen LogP contribution in [0.2, 0.25) is 0 Å². The maximum atomic E-state index is 6.13. The minimum atomic E-state index is 0.330. The van der Waals surface area contributed by atoms with Crippen LogP contribution in [0.4, 0.5) is 0 Å². The molecule has 4 rings (SSSR count). The van der Waals surface area contributed by atoms with Gasteiger partial charge in [0.2, 0.25) is 0 Å². The summed E-state index contributed by atoms with van der Waals surface area (Å²) in [6.45, 7) is 0.712. The second kappa shape index (κ2) is 5.38. The first-order chi connectivity index (χ1) is 10.4. The van der Waals surface area contributed by atoms with Gasteiger partial charge in [-0.3, -0.25) is 0 Å². The molecule has 3 aromatic rings. The van der Waals surface area contributed by atoms with Crippen molar-refractivity contribution in [3.05, 3.63) is 71.4 Å². The second-order valence-electron chi connectivity index (χ2n) is 5.79. The fourth-order valence-corrected chi connectivity index (χ4v) is 3.27. The van der Waals surface area contributed by atoms with Crippen molar-refractivity contribution in [2.24, 2.45) is 0 Å². The van der Waals surface area contributed by atoms with Gasteiger partial charge >= 0.3 is 0 Å². The molecule has 0 spiro atoms. The van der Waals surface area contributed by atoms with Crippen LogP contribution < -0.4 is 0 Å². The molecule has 2 heteroatoms. The van der Waals surface area contributed by atoms with E-state index in [2.05, 4.69) is 53.5 Å². The van der Waals surface area contributed by atoms with E-state index in [-0.39, 0.29) is 0 Å². The number of nitrogens with one attached hydrogen (secondary N) is 1. The SMILES string of the molecule is c1ccc(COC2CCc3[nH]c4ccccc4c3C2)cc1. The molecule has 1 aliphatic carbocycles. The Hall–Kier alpha value is -2.06. The van der Waals surface area contributed by atoms with Crippen LogP contribution >= 0.6 is 0 Å². The van der Waals surface area contributed by atoms with Gasteiger partial charge in [-0.25, -0.2) is 0 Å². The Labute approximate surface area is 124 Å². The number of hydrogen-bond donors (Lipinski definition) is 1. The monoisotopic (exact) mass is 277 g/mol. The summed E-state index contributed by atoms with van der Waals surface area (Å²) in [4.78, 5) is 3.55. The molecule has 1 aromatic heterocycles. The van der Waals surface area contributed by atoms with E-state index >= 15 is 0 Å². The smallest absolute Gasteiger partial charge is 0.0720 e. The molecule has 2 nitrogen and oxygen atoms in total. The highest BCUT2D eigenvalue weighted by atomic mass is 16.5. The van der Waals surface area contributed by atoms with Crippen molar-refractivity contribution in [3.63, 3.8) is 0 Å². The number of H-pyrrole nitrogens is 1. The molecule has 21 heavy (non-hydrogen) atoms. The first-order valence-corrected chi connectivity index (χ1v) is 7.64. The highest BCUT2D eigenvalue weighted by Crippen LogP contribution is 2.30. The number of aromatic amines is 1. The molecule has 0 saturated heterocycles. The lowest BCUT2D eigenvalue weighted by atomic mass is 9.93. The Morgan fingerprint density at radius 2 is 1.81 bits per heavy atom. The van der Waals surface area contributed by atoms with Crippen molar-refractivity contribution >= 4 is 10.9 Å². The summed E-state index contributed by atoms with van der Waals surface area (Å²) >= 11 is 0. The van der Waals surface area contributed by atoms with Crippen molar-refractivity contribution in [2.75, 3.05) is 0 Å². The number of aryl methyl sites for hydroxylation is 1. The molecule has 0 amide bonds. The zero-order valence-electron chi connectivity index (χ0n) is 12.0. The molecular weight excluding hydrogens is 258 g/mol. The number of fused-ring (bicyclic) bond motifs is 3. The molecule has 0 bridgehead atoms. The van der Waals surface area contributed by atoms with Gasteiger partial charge in [0.15, 0.2) is 0 Å². The van der Waals surface area contributed by atoms with Crippen LogP contribution in [0.15, 0.2) is 54.6 Å². The number of benzene rings is 2. The third kappa shape index (κ3) is 2.47. The standard InChI is InChI=1S/C19H19NO/c1-2-6-14(7-3-1)13-21-15-10-11-19-17(12-15)16-8-4-5-9-18(16)20-19/h1-9,15,20H,10-13H2. The van der Waals surface area contributed by atoms with Gasteiger partial charge in [0.25, 0.3) is 0 Å². The normalized spacial score (nSPS) is 17.8. The fourth-order valence-electron chi connectivity index (χ4n) is 3.27. The molecule has 1 N–H and O–H groups in total. The lowest BCUT2D eigenvalue weighted by Crippen LogP contribution is -2.22. The first-order valence-electron chi connectivity index (χ1n) is 7.64. The van der Waals surface area contributed by atoms with E-state index in [1.807, 2.05) is 6.07 Å². The van der Waals surface area contributed by atoms with Gasteiger partial charge in [-0.2, -0.15) is 0 Å². The Balaban J connectivity index is 1.51. The van der Waals surface area contributed by atoms with Crippen LogP contribution in [0.1, 0.15) is 23.2 Å². The minimum Gasteiger partial charge on any atom is -0.373 e. The largest absolute Gasteiger partial charge is 0.373 e. The summed E-state index contributed by atoms with van der Waals surface area (Å²) in [7, 11) is 0. The second-order valence-corrected chi connectivity index (χ2v) is 5.79. The molecule has 1 heterocycles. The van der Waals surface area contributed by atoms with Crippen LogP contribution in [0, 0.1) is 0 Å². The van der Waals surface area contributed by atoms with Crippen LogP contribution in [0.3, 0.4) is 0 Å². The van der Waals surface area contributed by atoms with E-state index in [0.29, 0.717) is 12.7 Å². The van der Waals surface area contributed by atoms with E-state index in [9.17, 15) is 0 Å². The van der Waals surface area contributed by atoms with Gasteiger partial charge in [0.1, 0.15) is 0 Å². The van der Waals surface area contributed by atoms with Crippen molar-refractivity contribution < 1.29 is 4.74 Å². The van der Waals surface area contributed by atoms with Crippen LogP contribution in [-0.2, 0) is 24.2 Å². The molecule has 1 atom stereocenters. The van der Waals surface area contributed by atoms with Crippen molar-refractivity contribution in [1.82, 2.24) is 4.98 Å². The summed E-state index contributed by atoms with van der Waals surface area (Å²) in [6.07, 6.45) is 3.54. The first kappa shape index (κ1) is 12.7. The number of ether oxygens (including phenoxy) is 1. The lowest BCUT2D eigenvalue weighted by molar-refractivity contribution is 0.0320. The van der Waals surface area contributed by atoms with Gasteiger partial charge < -0.3 is 9.72 Å². The number of aromatic nitrogens is 1. The van der Waals surface area contributed by atoms with E-state index < -0.39 is 0 Å². The number of hydrogen-bond acceptors (Lipinski definition) is 1. The third-order valence-electron chi connectivity index (χ3n) is 4.38. The molecule has 1 unspecified atom stereocenters. The van der Waals surface area contributed by atoms with E-state index in [1.165, 1.54) is 27.7 Å². The van der Waals surface area contributed by atoms with Gasteiger partial charge in [0.05, 0.1) is 12.7 Å². The highest BCUT2D eigenvalue weighted by Gasteiger charge is 2.22. The van der Waals surface area contributed by atoms with Gasteiger partial charge in [-0.15, -0.1) is 0 Å². The topological polar surface area (TPSA) is 25.0 Å². The summed E-state index contributed by atoms with van der Waals surface area (Å²) in [5, 5.41) is 1.36. The molecule has 0 saturated carbocycles. The molecule has 0 aliphatic heterocycles. The maximum Gasteiger partial charge on any atom is 0.0720 e. The Bertz CT molecular complexity index is 745. The average molecular weight is 277 g/mol.